The fourth-order valence-electron chi connectivity index (χ4n) is 1.57. The molecule has 0 bridgehead atoms. The number of nitrogens with zero attached hydrogens (tertiary/aromatic N) is 4. The first-order valence-electron chi connectivity index (χ1n) is 5.09. The van der Waals surface area contributed by atoms with Gasteiger partial charge in [0.05, 0.1) is 11.4 Å². The van der Waals surface area contributed by atoms with Crippen LogP contribution in [-0.2, 0) is 0 Å². The molecule has 4 nitrogen and oxygen atoms in total. The van der Waals surface area contributed by atoms with Crippen LogP contribution in [0.15, 0.2) is 10.2 Å². The van der Waals surface area contributed by atoms with Crippen LogP contribution >= 0.6 is 0 Å². The fourth-order valence-corrected chi connectivity index (χ4v) is 1.57. The molecule has 0 saturated heterocycles. The molecule has 80 valence electrons. The monoisotopic (exact) mass is 196 g/mol. The quantitative estimate of drug-likeness (QED) is 0.625. The SMILES string of the molecule is CN(C)N=C1CCCCC1=NN(C)C. The first kappa shape index (κ1) is 11.0. The van der Waals surface area contributed by atoms with Crippen LogP contribution in [0.25, 0.3) is 0 Å². The second-order valence-corrected chi connectivity index (χ2v) is 3.99. The highest BCUT2D eigenvalue weighted by molar-refractivity contribution is 6.42. The summed E-state index contributed by atoms with van der Waals surface area (Å²) in [6, 6.07) is 0. The van der Waals surface area contributed by atoms with Gasteiger partial charge in [-0.3, -0.25) is 0 Å². The van der Waals surface area contributed by atoms with Crippen molar-refractivity contribution in [2.45, 2.75) is 25.7 Å². The largest absolute Gasteiger partial charge is 0.303 e. The predicted octanol–water partition coefficient (Wildman–Crippen LogP) is 1.40. The Morgan fingerprint density at radius 3 is 1.43 bits per heavy atom. The molecule has 0 unspecified atom stereocenters. The second kappa shape index (κ2) is 4.98. The van der Waals surface area contributed by atoms with Crippen molar-refractivity contribution in [1.29, 1.82) is 0 Å². The van der Waals surface area contributed by atoms with Crippen molar-refractivity contribution in [2.24, 2.45) is 10.2 Å². The molecule has 0 aromatic rings. The zero-order chi connectivity index (χ0) is 10.6. The maximum atomic E-state index is 4.46. The van der Waals surface area contributed by atoms with Crippen LogP contribution in [0.5, 0.6) is 0 Å². The summed E-state index contributed by atoms with van der Waals surface area (Å²) in [7, 11) is 7.81. The minimum Gasteiger partial charge on any atom is -0.303 e. The van der Waals surface area contributed by atoms with Gasteiger partial charge in [-0.05, 0) is 25.7 Å². The van der Waals surface area contributed by atoms with Gasteiger partial charge in [-0.1, -0.05) is 0 Å². The average Bonchev–Trinajstić information content (AvgIpc) is 2.06. The summed E-state index contributed by atoms with van der Waals surface area (Å²) in [5.74, 6) is 0. The predicted molar refractivity (Wildman–Crippen MR) is 60.7 cm³/mol. The third-order valence-electron chi connectivity index (χ3n) is 2.05. The molecule has 0 amide bonds. The molecule has 1 saturated carbocycles. The summed E-state index contributed by atoms with van der Waals surface area (Å²) in [5.41, 5.74) is 2.30. The summed E-state index contributed by atoms with van der Waals surface area (Å²) in [6.45, 7) is 0. The lowest BCUT2D eigenvalue weighted by Gasteiger charge is -2.19. The second-order valence-electron chi connectivity index (χ2n) is 3.99. The molecule has 4 heteroatoms. The van der Waals surface area contributed by atoms with Gasteiger partial charge in [0.1, 0.15) is 0 Å². The van der Waals surface area contributed by atoms with Crippen LogP contribution < -0.4 is 0 Å². The van der Waals surface area contributed by atoms with E-state index < -0.39 is 0 Å². The molecule has 0 atom stereocenters. The van der Waals surface area contributed by atoms with Gasteiger partial charge in [0.25, 0.3) is 0 Å². The van der Waals surface area contributed by atoms with E-state index in [0.29, 0.717) is 0 Å². The zero-order valence-electron chi connectivity index (χ0n) is 9.62. The molecule has 0 radical (unpaired) electrons. The molecule has 0 aromatic carbocycles. The van der Waals surface area contributed by atoms with Crippen LogP contribution in [0.2, 0.25) is 0 Å². The van der Waals surface area contributed by atoms with E-state index >= 15 is 0 Å². The lowest BCUT2D eigenvalue weighted by atomic mass is 9.96. The van der Waals surface area contributed by atoms with Crippen LogP contribution in [0.3, 0.4) is 0 Å². The molecule has 1 rings (SSSR count). The van der Waals surface area contributed by atoms with E-state index in [1.807, 2.05) is 38.2 Å². The van der Waals surface area contributed by atoms with Crippen molar-refractivity contribution in [1.82, 2.24) is 10.0 Å². The average molecular weight is 196 g/mol. The number of hydrogen-bond acceptors (Lipinski definition) is 4. The smallest absolute Gasteiger partial charge is 0.0837 e. The Balaban J connectivity index is 2.79. The number of hydrogen-bond donors (Lipinski definition) is 0. The van der Waals surface area contributed by atoms with Gasteiger partial charge in [0.2, 0.25) is 0 Å². The van der Waals surface area contributed by atoms with Gasteiger partial charge < -0.3 is 10.0 Å². The molecule has 0 aromatic heterocycles. The van der Waals surface area contributed by atoms with Crippen molar-refractivity contribution in [3.8, 4) is 0 Å². The summed E-state index contributed by atoms with van der Waals surface area (Å²) < 4.78 is 0. The molecule has 0 N–H and O–H groups in total. The normalized spacial score (nSPS) is 22.9. The van der Waals surface area contributed by atoms with Crippen molar-refractivity contribution < 1.29 is 0 Å². The molecule has 1 fully saturated rings. The molecule has 1 aliphatic carbocycles. The van der Waals surface area contributed by atoms with Gasteiger partial charge in [0.15, 0.2) is 0 Å². The highest BCUT2D eigenvalue weighted by atomic mass is 15.4. The number of hydrazone groups is 2. The molecular weight excluding hydrogens is 176 g/mol. The van der Waals surface area contributed by atoms with Crippen molar-refractivity contribution in [3.63, 3.8) is 0 Å². The topological polar surface area (TPSA) is 31.2 Å². The molecule has 14 heavy (non-hydrogen) atoms. The molecule has 0 aliphatic heterocycles. The molecule has 0 heterocycles. The Kier molecular flexibility index (Phi) is 3.92. The van der Waals surface area contributed by atoms with E-state index in [-0.39, 0.29) is 0 Å². The van der Waals surface area contributed by atoms with E-state index in [2.05, 4.69) is 10.2 Å². The van der Waals surface area contributed by atoms with E-state index in [9.17, 15) is 0 Å². The van der Waals surface area contributed by atoms with E-state index in [0.717, 1.165) is 24.3 Å². The third kappa shape index (κ3) is 3.36. The van der Waals surface area contributed by atoms with Gasteiger partial charge >= 0.3 is 0 Å². The Labute approximate surface area is 86.3 Å². The Hall–Kier alpha value is -1.06. The maximum Gasteiger partial charge on any atom is 0.0837 e. The van der Waals surface area contributed by atoms with Crippen molar-refractivity contribution in [3.05, 3.63) is 0 Å². The van der Waals surface area contributed by atoms with Crippen LogP contribution in [0, 0.1) is 0 Å². The van der Waals surface area contributed by atoms with E-state index in [1.165, 1.54) is 12.8 Å². The highest BCUT2D eigenvalue weighted by Crippen LogP contribution is 2.14. The summed E-state index contributed by atoms with van der Waals surface area (Å²) in [6.07, 6.45) is 4.59. The number of rotatable bonds is 2. The molecular formula is C10H20N4. The maximum absolute atomic E-state index is 4.46. The Morgan fingerprint density at radius 2 is 1.14 bits per heavy atom. The minimum atomic E-state index is 1.06. The van der Waals surface area contributed by atoms with Crippen LogP contribution in [0.1, 0.15) is 25.7 Å². The first-order chi connectivity index (χ1) is 6.59. The molecule has 1 aliphatic rings. The minimum absolute atomic E-state index is 1.06. The van der Waals surface area contributed by atoms with Crippen molar-refractivity contribution >= 4 is 11.4 Å². The van der Waals surface area contributed by atoms with Crippen LogP contribution in [-0.4, -0.2) is 49.6 Å². The van der Waals surface area contributed by atoms with Gasteiger partial charge in [-0.25, -0.2) is 0 Å². The Bertz CT molecular complexity index is 215. The third-order valence-corrected chi connectivity index (χ3v) is 2.05. The Morgan fingerprint density at radius 1 is 0.786 bits per heavy atom. The highest BCUT2D eigenvalue weighted by Gasteiger charge is 2.15. The lowest BCUT2D eigenvalue weighted by Crippen LogP contribution is -2.24. The standard InChI is InChI=1S/C10H20N4/c1-13(2)11-9-7-5-6-8-10(9)12-14(3)4/h5-8H2,1-4H3. The van der Waals surface area contributed by atoms with Gasteiger partial charge in [-0.2, -0.15) is 10.2 Å². The lowest BCUT2D eigenvalue weighted by molar-refractivity contribution is 0.429. The summed E-state index contributed by atoms with van der Waals surface area (Å²) >= 11 is 0. The van der Waals surface area contributed by atoms with Gasteiger partial charge in [0, 0.05) is 28.2 Å². The van der Waals surface area contributed by atoms with Gasteiger partial charge in [-0.15, -0.1) is 0 Å². The summed E-state index contributed by atoms with van der Waals surface area (Å²) in [5, 5.41) is 12.6. The van der Waals surface area contributed by atoms with Crippen molar-refractivity contribution in [2.75, 3.05) is 28.2 Å². The summed E-state index contributed by atoms with van der Waals surface area (Å²) in [4.78, 5) is 0. The van der Waals surface area contributed by atoms with Crippen LogP contribution in [0.4, 0.5) is 0 Å². The van der Waals surface area contributed by atoms with E-state index in [1.54, 1.807) is 0 Å². The zero-order valence-corrected chi connectivity index (χ0v) is 9.62. The first-order valence-corrected chi connectivity index (χ1v) is 5.09. The fraction of sp³-hybridized carbons (Fsp3) is 0.800. The molecule has 0 spiro atoms. The van der Waals surface area contributed by atoms with E-state index in [4.69, 9.17) is 0 Å².